The number of hydrogen-bond donors (Lipinski definition) is 2. The fraction of sp³-hybridized carbons (Fsp3) is 0.167. The maximum absolute atomic E-state index is 12.4. The molecule has 4 aromatic rings. The van der Waals surface area contributed by atoms with E-state index in [2.05, 4.69) is 15.6 Å². The molecule has 4 rings (SSSR count). The van der Waals surface area contributed by atoms with Crippen molar-refractivity contribution >= 4 is 5.91 Å². The Morgan fingerprint density at radius 3 is 2.22 bits per heavy atom. The summed E-state index contributed by atoms with van der Waals surface area (Å²) in [7, 11) is 0. The Kier molecular flexibility index (Phi) is 6.52. The molecule has 0 fully saturated rings. The Hall–Kier alpha value is -4.04. The Bertz CT molecular complexity index is 1240. The lowest BCUT2D eigenvalue weighted by Crippen LogP contribution is -2.23. The van der Waals surface area contributed by atoms with Gasteiger partial charge in [0.15, 0.2) is 5.69 Å². The highest BCUT2D eigenvalue weighted by Gasteiger charge is 2.11. The van der Waals surface area contributed by atoms with E-state index in [4.69, 9.17) is 5.73 Å². The zero-order valence-corrected chi connectivity index (χ0v) is 17.5. The van der Waals surface area contributed by atoms with Gasteiger partial charge < -0.3 is 15.6 Å². The van der Waals surface area contributed by atoms with Crippen LogP contribution in [0.25, 0.3) is 0 Å². The van der Waals surface area contributed by atoms with Gasteiger partial charge >= 0.3 is 0 Å². The lowest BCUT2D eigenvalue weighted by Gasteiger charge is -2.07. The number of nitrogens with one attached hydrogen (secondary N) is 1. The van der Waals surface area contributed by atoms with Gasteiger partial charge in [-0.15, -0.1) is 5.10 Å². The van der Waals surface area contributed by atoms with E-state index in [0.717, 1.165) is 22.3 Å². The highest BCUT2D eigenvalue weighted by atomic mass is 16.2. The van der Waals surface area contributed by atoms with Crippen LogP contribution in [0.5, 0.6) is 0 Å². The number of nitrogens with two attached hydrogens (primary N) is 1. The van der Waals surface area contributed by atoms with Gasteiger partial charge in [-0.05, 0) is 28.3 Å². The van der Waals surface area contributed by atoms with Crippen molar-refractivity contribution in [1.82, 2.24) is 24.9 Å². The average molecular weight is 428 g/mol. The van der Waals surface area contributed by atoms with E-state index in [-0.39, 0.29) is 17.2 Å². The van der Waals surface area contributed by atoms with E-state index < -0.39 is 0 Å². The summed E-state index contributed by atoms with van der Waals surface area (Å²) < 4.78 is 3.28. The van der Waals surface area contributed by atoms with Crippen LogP contribution in [0.4, 0.5) is 0 Å². The smallest absolute Gasteiger partial charge is 0.273 e. The molecule has 2 heterocycles. The van der Waals surface area contributed by atoms with Crippen molar-refractivity contribution in [3.05, 3.63) is 117 Å². The monoisotopic (exact) mass is 428 g/mol. The van der Waals surface area contributed by atoms with Crippen molar-refractivity contribution in [3.8, 4) is 0 Å². The van der Waals surface area contributed by atoms with Crippen LogP contribution in [0.3, 0.4) is 0 Å². The standard InChI is InChI=1S/C24H24N6O2/c25-13-18-4-6-19(7-5-18)14-26-24(32)22-17-30(28-27-22)16-21-10-8-20(9-11-21)15-29-12-2-1-3-23(29)31/h1-12,17H,13-16,25H2,(H,26,32). The van der Waals surface area contributed by atoms with E-state index >= 15 is 0 Å². The molecule has 0 radical (unpaired) electrons. The third-order valence-corrected chi connectivity index (χ3v) is 5.10. The van der Waals surface area contributed by atoms with Crippen LogP contribution in [-0.2, 0) is 26.2 Å². The SMILES string of the molecule is NCc1ccc(CNC(=O)c2cn(Cc3ccc(Cn4ccccc4=O)cc3)nn2)cc1. The van der Waals surface area contributed by atoms with E-state index in [1.165, 1.54) is 0 Å². The fourth-order valence-electron chi connectivity index (χ4n) is 3.27. The van der Waals surface area contributed by atoms with E-state index in [1.807, 2.05) is 54.6 Å². The summed E-state index contributed by atoms with van der Waals surface area (Å²) in [5, 5.41) is 10.9. The lowest BCUT2D eigenvalue weighted by molar-refractivity contribution is 0.0946. The Balaban J connectivity index is 1.32. The van der Waals surface area contributed by atoms with Crippen LogP contribution >= 0.6 is 0 Å². The molecule has 3 N–H and O–H groups in total. The second-order valence-electron chi connectivity index (χ2n) is 7.49. The summed E-state index contributed by atoms with van der Waals surface area (Å²) in [6.07, 6.45) is 3.40. The average Bonchev–Trinajstić information content (AvgIpc) is 3.29. The van der Waals surface area contributed by atoms with Crippen molar-refractivity contribution in [2.45, 2.75) is 26.2 Å². The second-order valence-corrected chi connectivity index (χ2v) is 7.49. The first kappa shape index (κ1) is 21.2. The summed E-state index contributed by atoms with van der Waals surface area (Å²) >= 11 is 0. The van der Waals surface area contributed by atoms with Crippen molar-refractivity contribution in [2.75, 3.05) is 0 Å². The van der Waals surface area contributed by atoms with Crippen molar-refractivity contribution in [2.24, 2.45) is 5.73 Å². The first-order chi connectivity index (χ1) is 15.6. The Morgan fingerprint density at radius 2 is 1.53 bits per heavy atom. The normalized spacial score (nSPS) is 10.8. The van der Waals surface area contributed by atoms with Gasteiger partial charge in [-0.1, -0.05) is 59.8 Å². The lowest BCUT2D eigenvalue weighted by atomic mass is 10.1. The van der Waals surface area contributed by atoms with Crippen LogP contribution in [0.15, 0.2) is 83.9 Å². The Labute approximate surface area is 185 Å². The maximum Gasteiger partial charge on any atom is 0.273 e. The molecular formula is C24H24N6O2. The third kappa shape index (κ3) is 5.35. The van der Waals surface area contributed by atoms with Gasteiger partial charge in [0.1, 0.15) is 0 Å². The molecular weight excluding hydrogens is 404 g/mol. The predicted octanol–water partition coefficient (Wildman–Crippen LogP) is 1.93. The van der Waals surface area contributed by atoms with Crippen LogP contribution in [-0.4, -0.2) is 25.5 Å². The maximum atomic E-state index is 12.4. The number of rotatable bonds is 8. The zero-order valence-electron chi connectivity index (χ0n) is 17.5. The highest BCUT2D eigenvalue weighted by molar-refractivity contribution is 5.91. The second kappa shape index (κ2) is 9.84. The van der Waals surface area contributed by atoms with Crippen molar-refractivity contribution in [3.63, 3.8) is 0 Å². The summed E-state index contributed by atoms with van der Waals surface area (Å²) in [5.74, 6) is -0.275. The molecule has 0 saturated carbocycles. The number of hydrogen-bond acceptors (Lipinski definition) is 5. The zero-order chi connectivity index (χ0) is 22.3. The van der Waals surface area contributed by atoms with Gasteiger partial charge in [0.25, 0.3) is 11.5 Å². The van der Waals surface area contributed by atoms with E-state index in [0.29, 0.717) is 26.2 Å². The molecule has 0 atom stereocenters. The van der Waals surface area contributed by atoms with E-state index in [9.17, 15) is 9.59 Å². The topological polar surface area (TPSA) is 108 Å². The first-order valence-electron chi connectivity index (χ1n) is 10.3. The summed E-state index contributed by atoms with van der Waals surface area (Å²) in [6.45, 7) is 1.91. The minimum Gasteiger partial charge on any atom is -0.347 e. The first-order valence-corrected chi connectivity index (χ1v) is 10.3. The molecule has 32 heavy (non-hydrogen) atoms. The van der Waals surface area contributed by atoms with Crippen LogP contribution in [0.2, 0.25) is 0 Å². The third-order valence-electron chi connectivity index (χ3n) is 5.10. The number of carbonyl (C=O) groups excluding carboxylic acids is 1. The number of benzene rings is 2. The molecule has 8 heteroatoms. The molecule has 1 amide bonds. The largest absolute Gasteiger partial charge is 0.347 e. The molecule has 0 aliphatic heterocycles. The summed E-state index contributed by atoms with van der Waals surface area (Å²) in [5.41, 5.74) is 9.92. The number of nitrogens with zero attached hydrogens (tertiary/aromatic N) is 4. The quantitative estimate of drug-likeness (QED) is 0.446. The number of aromatic nitrogens is 4. The van der Waals surface area contributed by atoms with Crippen molar-refractivity contribution < 1.29 is 4.79 Å². The predicted molar refractivity (Wildman–Crippen MR) is 121 cm³/mol. The molecule has 0 aliphatic rings. The summed E-state index contributed by atoms with van der Waals surface area (Å²) in [4.78, 5) is 24.2. The van der Waals surface area contributed by atoms with E-state index in [1.54, 1.807) is 33.8 Å². The minimum atomic E-state index is -0.275. The van der Waals surface area contributed by atoms with Gasteiger partial charge in [-0.2, -0.15) is 0 Å². The number of carbonyl (C=O) groups is 1. The van der Waals surface area contributed by atoms with Gasteiger partial charge in [0.05, 0.1) is 19.3 Å². The fourth-order valence-corrected chi connectivity index (χ4v) is 3.27. The molecule has 0 spiro atoms. The van der Waals surface area contributed by atoms with Crippen LogP contribution < -0.4 is 16.6 Å². The van der Waals surface area contributed by atoms with Gasteiger partial charge in [0, 0.05) is 25.4 Å². The number of pyridine rings is 1. The molecule has 0 saturated heterocycles. The number of amides is 1. The minimum absolute atomic E-state index is 0.0300. The summed E-state index contributed by atoms with van der Waals surface area (Å²) in [6, 6.07) is 20.8. The van der Waals surface area contributed by atoms with Gasteiger partial charge in [-0.25, -0.2) is 4.68 Å². The molecule has 0 aliphatic carbocycles. The van der Waals surface area contributed by atoms with Gasteiger partial charge in [0.2, 0.25) is 0 Å². The molecule has 0 unspecified atom stereocenters. The molecule has 2 aromatic carbocycles. The van der Waals surface area contributed by atoms with Crippen LogP contribution in [0.1, 0.15) is 32.7 Å². The molecule has 0 bridgehead atoms. The van der Waals surface area contributed by atoms with Gasteiger partial charge in [-0.3, -0.25) is 9.59 Å². The molecule has 8 nitrogen and oxygen atoms in total. The Morgan fingerprint density at radius 1 is 0.875 bits per heavy atom. The molecule has 162 valence electrons. The molecule has 2 aromatic heterocycles. The van der Waals surface area contributed by atoms with Crippen LogP contribution in [0, 0.1) is 0 Å². The highest BCUT2D eigenvalue weighted by Crippen LogP contribution is 2.08. The van der Waals surface area contributed by atoms with Crippen molar-refractivity contribution in [1.29, 1.82) is 0 Å².